The number of ether oxygens (including phenoxy) is 6. The van der Waals surface area contributed by atoms with E-state index in [9.17, 15) is 20.4 Å². The summed E-state index contributed by atoms with van der Waals surface area (Å²) < 4.78 is 33.1. The molecule has 30 heavy (non-hydrogen) atoms. The van der Waals surface area contributed by atoms with Crippen molar-refractivity contribution in [2.75, 3.05) is 46.6 Å². The molecule has 12 nitrogen and oxygen atoms in total. The minimum absolute atomic E-state index is 0.00365. The number of hydrogen-bond acceptors (Lipinski definition) is 12. The van der Waals surface area contributed by atoms with Crippen LogP contribution in [0.1, 0.15) is 6.92 Å². The second kappa shape index (κ2) is 12.5. The zero-order chi connectivity index (χ0) is 22.3. The number of methoxy groups -OCH3 is 1. The van der Waals surface area contributed by atoms with Gasteiger partial charge in [-0.15, -0.1) is 0 Å². The van der Waals surface area contributed by atoms with E-state index in [-0.39, 0.29) is 26.4 Å². The van der Waals surface area contributed by atoms with E-state index in [1.165, 1.54) is 7.11 Å². The van der Waals surface area contributed by atoms with Crippen molar-refractivity contribution in [3.63, 3.8) is 0 Å². The molecule has 2 saturated heterocycles. The van der Waals surface area contributed by atoms with E-state index in [0.29, 0.717) is 13.2 Å². The fourth-order valence-corrected chi connectivity index (χ4v) is 3.50. The number of nitrogens with two attached hydrogens (primary N) is 2. The molecule has 0 saturated carbocycles. The van der Waals surface area contributed by atoms with Crippen molar-refractivity contribution in [3.8, 4) is 0 Å². The van der Waals surface area contributed by atoms with Gasteiger partial charge in [-0.3, -0.25) is 0 Å². The van der Waals surface area contributed by atoms with Gasteiger partial charge < -0.3 is 60.3 Å². The Bertz CT molecular complexity index is 490. The summed E-state index contributed by atoms with van der Waals surface area (Å²) in [7, 11) is 1.33. The van der Waals surface area contributed by atoms with Crippen LogP contribution in [0, 0.1) is 5.92 Å². The van der Waals surface area contributed by atoms with E-state index in [2.05, 4.69) is 0 Å². The largest absolute Gasteiger partial charge is 0.390 e. The summed E-state index contributed by atoms with van der Waals surface area (Å²) in [6, 6.07) is 0. The number of aliphatic hydroxyl groups excluding tert-OH is 4. The molecule has 0 aromatic carbocycles. The van der Waals surface area contributed by atoms with Crippen molar-refractivity contribution < 1.29 is 48.8 Å². The van der Waals surface area contributed by atoms with Crippen molar-refractivity contribution in [3.05, 3.63) is 0 Å². The van der Waals surface area contributed by atoms with Crippen LogP contribution in [0.15, 0.2) is 0 Å². The first kappa shape index (κ1) is 25.8. The smallest absolute Gasteiger partial charge is 0.187 e. The summed E-state index contributed by atoms with van der Waals surface area (Å²) in [5.41, 5.74) is 10.9. The van der Waals surface area contributed by atoms with Gasteiger partial charge in [0.2, 0.25) is 0 Å². The molecule has 2 fully saturated rings. The molecule has 0 amide bonds. The van der Waals surface area contributed by atoms with E-state index >= 15 is 0 Å². The van der Waals surface area contributed by atoms with Gasteiger partial charge in [-0.1, -0.05) is 6.92 Å². The van der Waals surface area contributed by atoms with Gasteiger partial charge in [0.05, 0.1) is 38.6 Å². The molecule has 0 bridgehead atoms. The van der Waals surface area contributed by atoms with E-state index in [0.717, 1.165) is 0 Å². The quantitative estimate of drug-likeness (QED) is 0.174. The minimum atomic E-state index is -1.42. The fourth-order valence-electron chi connectivity index (χ4n) is 3.50. The average molecular weight is 440 g/mol. The van der Waals surface area contributed by atoms with E-state index < -0.39 is 61.2 Å². The van der Waals surface area contributed by atoms with Crippen LogP contribution in [0.4, 0.5) is 0 Å². The summed E-state index contributed by atoms with van der Waals surface area (Å²) in [6.45, 7) is 3.05. The summed E-state index contributed by atoms with van der Waals surface area (Å²) >= 11 is 0. The van der Waals surface area contributed by atoms with Gasteiger partial charge in [0.25, 0.3) is 0 Å². The Labute approximate surface area is 175 Å². The van der Waals surface area contributed by atoms with Gasteiger partial charge in [-0.2, -0.15) is 0 Å². The molecule has 2 aliphatic rings. The third-order valence-corrected chi connectivity index (χ3v) is 5.32. The van der Waals surface area contributed by atoms with Crippen LogP contribution < -0.4 is 11.5 Å². The monoisotopic (exact) mass is 440 g/mol. The highest BCUT2D eigenvalue weighted by atomic mass is 16.7. The topological polar surface area (TPSA) is 188 Å². The average Bonchev–Trinajstić information content (AvgIpc) is 2.74. The lowest BCUT2D eigenvalue weighted by atomic mass is 9.90. The molecule has 0 aromatic rings. The van der Waals surface area contributed by atoms with Gasteiger partial charge >= 0.3 is 0 Å². The Morgan fingerprint density at radius 1 is 0.767 bits per heavy atom. The fraction of sp³-hybridized carbons (Fsp3) is 1.00. The molecular weight excluding hydrogens is 404 g/mol. The van der Waals surface area contributed by atoms with Crippen molar-refractivity contribution in [2.24, 2.45) is 17.4 Å². The summed E-state index contributed by atoms with van der Waals surface area (Å²) in [5, 5.41) is 41.7. The molecule has 10 atom stereocenters. The predicted molar refractivity (Wildman–Crippen MR) is 102 cm³/mol. The van der Waals surface area contributed by atoms with E-state index in [1.54, 1.807) is 6.92 Å². The molecule has 8 N–H and O–H groups in total. The van der Waals surface area contributed by atoms with Crippen molar-refractivity contribution in [1.29, 1.82) is 0 Å². The van der Waals surface area contributed by atoms with Crippen molar-refractivity contribution >= 4 is 0 Å². The molecule has 0 radical (unpaired) electrons. The zero-order valence-corrected chi connectivity index (χ0v) is 17.4. The molecule has 12 heteroatoms. The van der Waals surface area contributed by atoms with Gasteiger partial charge in [0, 0.05) is 26.1 Å². The lowest BCUT2D eigenvalue weighted by Gasteiger charge is -2.46. The number of aliphatic hydroxyl groups is 4. The Kier molecular flexibility index (Phi) is 10.8. The van der Waals surface area contributed by atoms with E-state index in [1.807, 2.05) is 0 Å². The second-order valence-electron chi connectivity index (χ2n) is 7.47. The Morgan fingerprint density at radius 3 is 1.87 bits per heavy atom. The van der Waals surface area contributed by atoms with Crippen LogP contribution in [0.3, 0.4) is 0 Å². The number of rotatable bonds is 11. The lowest BCUT2D eigenvalue weighted by molar-refractivity contribution is -0.354. The van der Waals surface area contributed by atoms with Gasteiger partial charge in [-0.25, -0.2) is 0 Å². The highest BCUT2D eigenvalue weighted by Gasteiger charge is 2.50. The third kappa shape index (κ3) is 6.28. The molecule has 0 aliphatic carbocycles. The van der Waals surface area contributed by atoms with Crippen LogP contribution >= 0.6 is 0 Å². The first-order valence-corrected chi connectivity index (χ1v) is 10.1. The Morgan fingerprint density at radius 2 is 1.30 bits per heavy atom. The molecule has 178 valence electrons. The first-order valence-electron chi connectivity index (χ1n) is 10.1. The summed E-state index contributed by atoms with van der Waals surface area (Å²) in [6.07, 6.45) is -10.3. The van der Waals surface area contributed by atoms with Gasteiger partial charge in [-0.05, 0) is 0 Å². The highest BCUT2D eigenvalue weighted by Crippen LogP contribution is 2.31. The molecule has 2 aliphatic heterocycles. The molecule has 10 unspecified atom stereocenters. The first-order chi connectivity index (χ1) is 14.3. The molecule has 2 rings (SSSR count). The highest BCUT2D eigenvalue weighted by molar-refractivity contribution is 4.93. The zero-order valence-electron chi connectivity index (χ0n) is 17.4. The van der Waals surface area contributed by atoms with Gasteiger partial charge in [0.15, 0.2) is 12.6 Å². The minimum Gasteiger partial charge on any atom is -0.390 e. The van der Waals surface area contributed by atoms with Crippen molar-refractivity contribution in [1.82, 2.24) is 0 Å². The molecule has 2 heterocycles. The Hall–Kier alpha value is -0.480. The third-order valence-electron chi connectivity index (χ3n) is 5.32. The SMILES string of the molecule is COC1OC(COCCN)C(OC2OC(COCCN)C(C)C(O)C2O)C(O)C1O. The van der Waals surface area contributed by atoms with Crippen LogP contribution in [-0.4, -0.2) is 122 Å². The van der Waals surface area contributed by atoms with Crippen LogP contribution in [0.2, 0.25) is 0 Å². The molecule has 0 aromatic heterocycles. The van der Waals surface area contributed by atoms with Gasteiger partial charge in [0.1, 0.15) is 30.5 Å². The molecule has 0 spiro atoms. The molecular formula is C18H36N2O10. The van der Waals surface area contributed by atoms with Crippen LogP contribution in [0.25, 0.3) is 0 Å². The van der Waals surface area contributed by atoms with Crippen LogP contribution in [-0.2, 0) is 28.4 Å². The normalized spacial score (nSPS) is 42.4. The maximum atomic E-state index is 10.6. The lowest BCUT2D eigenvalue weighted by Crippen LogP contribution is -2.63. The van der Waals surface area contributed by atoms with Crippen molar-refractivity contribution in [2.45, 2.75) is 62.2 Å². The Balaban J connectivity index is 2.11. The predicted octanol–water partition coefficient (Wildman–Crippen LogP) is -3.50. The van der Waals surface area contributed by atoms with E-state index in [4.69, 9.17) is 39.9 Å². The summed E-state index contributed by atoms with van der Waals surface area (Å²) in [4.78, 5) is 0. The maximum absolute atomic E-state index is 10.6. The van der Waals surface area contributed by atoms with Crippen LogP contribution in [0.5, 0.6) is 0 Å². The maximum Gasteiger partial charge on any atom is 0.187 e. The second-order valence-corrected chi connectivity index (χ2v) is 7.47. The number of hydrogen-bond donors (Lipinski definition) is 6. The standard InChI is InChI=1S/C18H36N2O10/c1-9-10(7-26-5-3-19)28-18(14(23)12(9)21)30-16-11(8-27-6-4-20)29-17(25-2)15(24)13(16)22/h9-18,21-24H,3-8,19-20H2,1-2H3. The summed E-state index contributed by atoms with van der Waals surface area (Å²) in [5.74, 6) is -0.433.